The molecular weight excluding hydrogens is 526 g/mol. The molecule has 0 aliphatic rings. The number of carbonyl (C=O) groups excluding carboxylic acids is 2. The van der Waals surface area contributed by atoms with Gasteiger partial charge in [-0.3, -0.25) is 4.79 Å². The van der Waals surface area contributed by atoms with Crippen LogP contribution in [-0.4, -0.2) is 52.4 Å². The van der Waals surface area contributed by atoms with Crippen molar-refractivity contribution in [2.45, 2.75) is 98.4 Å². The van der Waals surface area contributed by atoms with Crippen LogP contribution < -0.4 is 20.1 Å². The molecule has 1 aromatic carbocycles. The van der Waals surface area contributed by atoms with Gasteiger partial charge in [0.2, 0.25) is 17.6 Å². The number of unbranched alkanes of at least 4 members (excludes halogenated alkanes) is 3. The highest BCUT2D eigenvalue weighted by molar-refractivity contribution is 6.01. The fourth-order valence-electron chi connectivity index (χ4n) is 4.70. The monoisotopic (exact) mass is 571 g/mol. The summed E-state index contributed by atoms with van der Waals surface area (Å²) in [4.78, 5) is 28.2. The molecule has 0 radical (unpaired) electrons. The Balaban J connectivity index is 1.67. The molecule has 0 aliphatic carbocycles. The number of nitrogens with zero attached hydrogens (tertiary/aromatic N) is 3. The number of aromatic nitrogens is 3. The fraction of sp³-hybridized carbons (Fsp3) is 0.600. The Hall–Kier alpha value is -3.60. The number of hydrogen-bond acceptors (Lipinski definition) is 7. The summed E-state index contributed by atoms with van der Waals surface area (Å²) in [6, 6.07) is 5.50. The summed E-state index contributed by atoms with van der Waals surface area (Å²) in [5.41, 5.74) is 0.985. The Labute approximate surface area is 242 Å². The van der Waals surface area contributed by atoms with E-state index in [0.717, 1.165) is 41.3 Å². The van der Waals surface area contributed by atoms with Crippen LogP contribution in [0.5, 0.6) is 5.75 Å². The molecule has 2 N–H and O–H groups in total. The van der Waals surface area contributed by atoms with Gasteiger partial charge in [0.25, 0.3) is 0 Å². The number of amides is 2. The SMILES string of the molecule is CCOCc1nc2c[n+]([O-])c3cc(OCCCCCCOC(=O)NC(C)(C)C)ccc3c2n1CC(C)(C)NC(C)=O. The Morgan fingerprint density at radius 2 is 1.76 bits per heavy atom. The molecule has 2 aromatic heterocycles. The summed E-state index contributed by atoms with van der Waals surface area (Å²) in [5, 5.41) is 19.5. The predicted octanol–water partition coefficient (Wildman–Crippen LogP) is 4.74. The number of imidazole rings is 1. The van der Waals surface area contributed by atoms with Gasteiger partial charge in [-0.2, -0.15) is 4.73 Å². The minimum atomic E-state index is -0.552. The molecule has 2 amide bonds. The molecule has 226 valence electrons. The van der Waals surface area contributed by atoms with E-state index in [1.54, 1.807) is 6.07 Å². The average molecular weight is 572 g/mol. The van der Waals surface area contributed by atoms with Crippen molar-refractivity contribution >= 4 is 33.9 Å². The number of carbonyl (C=O) groups is 2. The number of alkyl carbamates (subject to hydrolysis) is 1. The second-order valence-corrected chi connectivity index (χ2v) is 12.0. The highest BCUT2D eigenvalue weighted by atomic mass is 16.5. The van der Waals surface area contributed by atoms with Crippen LogP contribution in [0.3, 0.4) is 0 Å². The summed E-state index contributed by atoms with van der Waals surface area (Å²) >= 11 is 0. The number of fused-ring (bicyclic) bond motifs is 3. The third-order valence-corrected chi connectivity index (χ3v) is 6.30. The van der Waals surface area contributed by atoms with Crippen LogP contribution >= 0.6 is 0 Å². The van der Waals surface area contributed by atoms with Crippen molar-refractivity contribution in [1.29, 1.82) is 0 Å². The average Bonchev–Trinajstić information content (AvgIpc) is 3.18. The molecule has 0 fully saturated rings. The quantitative estimate of drug-likeness (QED) is 0.162. The molecule has 2 heterocycles. The van der Waals surface area contributed by atoms with Crippen LogP contribution in [0.15, 0.2) is 24.4 Å². The number of nitrogens with one attached hydrogen (secondary N) is 2. The van der Waals surface area contributed by atoms with Gasteiger partial charge in [-0.1, -0.05) is 0 Å². The fourth-order valence-corrected chi connectivity index (χ4v) is 4.70. The lowest BCUT2D eigenvalue weighted by molar-refractivity contribution is -0.575. The van der Waals surface area contributed by atoms with Crippen molar-refractivity contribution in [3.8, 4) is 5.75 Å². The van der Waals surface area contributed by atoms with Crippen molar-refractivity contribution in [2.75, 3.05) is 19.8 Å². The summed E-state index contributed by atoms with van der Waals surface area (Å²) in [7, 11) is 0. The molecule has 11 nitrogen and oxygen atoms in total. The van der Waals surface area contributed by atoms with Gasteiger partial charge in [0.15, 0.2) is 5.52 Å². The molecule has 0 spiro atoms. The van der Waals surface area contributed by atoms with Crippen LogP contribution in [0.1, 0.15) is 80.0 Å². The zero-order valence-corrected chi connectivity index (χ0v) is 25.5. The van der Waals surface area contributed by atoms with E-state index in [2.05, 4.69) is 10.6 Å². The molecule has 3 aromatic rings. The number of rotatable bonds is 14. The first-order valence-corrected chi connectivity index (χ1v) is 14.3. The van der Waals surface area contributed by atoms with Crippen LogP contribution in [0.25, 0.3) is 21.9 Å². The van der Waals surface area contributed by atoms with Crippen molar-refractivity contribution < 1.29 is 28.5 Å². The van der Waals surface area contributed by atoms with Crippen molar-refractivity contribution in [3.63, 3.8) is 0 Å². The van der Waals surface area contributed by atoms with Crippen LogP contribution in [-0.2, 0) is 27.4 Å². The lowest BCUT2D eigenvalue weighted by Gasteiger charge is -2.27. The largest absolute Gasteiger partial charge is 0.618 e. The second kappa shape index (κ2) is 13.8. The van der Waals surface area contributed by atoms with Gasteiger partial charge in [0, 0.05) is 25.6 Å². The molecule has 11 heteroatoms. The van der Waals surface area contributed by atoms with E-state index in [9.17, 15) is 14.8 Å². The summed E-state index contributed by atoms with van der Waals surface area (Å²) in [6.45, 7) is 15.2. The molecule has 0 saturated carbocycles. The topological polar surface area (TPSA) is 131 Å². The van der Waals surface area contributed by atoms with Crippen molar-refractivity contribution in [2.24, 2.45) is 0 Å². The molecule has 41 heavy (non-hydrogen) atoms. The highest BCUT2D eigenvalue weighted by Gasteiger charge is 2.26. The Bertz CT molecular complexity index is 1340. The Morgan fingerprint density at radius 1 is 1.05 bits per heavy atom. The van der Waals surface area contributed by atoms with Gasteiger partial charge in [-0.15, -0.1) is 0 Å². The molecule has 3 rings (SSSR count). The molecule has 0 bridgehead atoms. The molecule has 0 unspecified atom stereocenters. The maximum Gasteiger partial charge on any atom is 0.407 e. The smallest absolute Gasteiger partial charge is 0.407 e. The number of ether oxygens (including phenoxy) is 3. The van der Waals surface area contributed by atoms with Gasteiger partial charge in [-0.25, -0.2) is 9.78 Å². The third kappa shape index (κ3) is 9.48. The van der Waals surface area contributed by atoms with Crippen molar-refractivity contribution in [1.82, 2.24) is 20.2 Å². The molecular formula is C30H45N5O6. The van der Waals surface area contributed by atoms with Crippen LogP contribution in [0.2, 0.25) is 0 Å². The van der Waals surface area contributed by atoms with E-state index in [0.29, 0.717) is 55.6 Å². The van der Waals surface area contributed by atoms with E-state index in [4.69, 9.17) is 19.2 Å². The van der Waals surface area contributed by atoms with Gasteiger partial charge >= 0.3 is 6.09 Å². The van der Waals surface area contributed by atoms with E-state index in [1.165, 1.54) is 13.1 Å². The first kappa shape index (κ1) is 31.9. The Kier molecular flexibility index (Phi) is 10.8. The van der Waals surface area contributed by atoms with Gasteiger partial charge in [0.05, 0.1) is 35.7 Å². The van der Waals surface area contributed by atoms with E-state index in [1.807, 2.05) is 58.2 Å². The lowest BCUT2D eigenvalue weighted by Crippen LogP contribution is -2.45. The predicted molar refractivity (Wildman–Crippen MR) is 158 cm³/mol. The lowest BCUT2D eigenvalue weighted by atomic mass is 10.1. The van der Waals surface area contributed by atoms with Crippen molar-refractivity contribution in [3.05, 3.63) is 35.4 Å². The zero-order chi connectivity index (χ0) is 30.2. The van der Waals surface area contributed by atoms with Gasteiger partial charge in [-0.05, 0) is 79.4 Å². The van der Waals surface area contributed by atoms with Crippen LogP contribution in [0.4, 0.5) is 4.79 Å². The molecule has 0 saturated heterocycles. The first-order valence-electron chi connectivity index (χ1n) is 14.3. The van der Waals surface area contributed by atoms with E-state index < -0.39 is 11.6 Å². The second-order valence-electron chi connectivity index (χ2n) is 12.0. The maximum absolute atomic E-state index is 13.0. The molecule has 0 aliphatic heterocycles. The normalized spacial score (nSPS) is 12.1. The number of benzene rings is 1. The van der Waals surface area contributed by atoms with Gasteiger partial charge < -0.3 is 34.6 Å². The minimum Gasteiger partial charge on any atom is -0.618 e. The summed E-state index contributed by atoms with van der Waals surface area (Å²) in [5.74, 6) is 1.18. The summed E-state index contributed by atoms with van der Waals surface area (Å²) in [6.07, 6.45) is 4.57. The van der Waals surface area contributed by atoms with E-state index >= 15 is 0 Å². The molecule has 0 atom stereocenters. The summed E-state index contributed by atoms with van der Waals surface area (Å²) < 4.78 is 19.7. The first-order chi connectivity index (χ1) is 19.3. The maximum atomic E-state index is 13.0. The zero-order valence-electron chi connectivity index (χ0n) is 25.5. The van der Waals surface area contributed by atoms with Crippen LogP contribution in [0, 0.1) is 5.21 Å². The third-order valence-electron chi connectivity index (χ3n) is 6.30. The standard InChI is InChI=1S/C30H45N5O6/c1-8-39-19-26-31-24-18-35(38)25-17-22(40-15-11-9-10-12-16-41-28(37)33-29(3,4)5)13-14-23(25)27(24)34(26)20-30(6,7)32-21(2)36/h13-14,17-18H,8-12,15-16,19-20H2,1-7H3,(H,32,36)(H,33,37). The highest BCUT2D eigenvalue weighted by Crippen LogP contribution is 2.28. The number of pyridine rings is 1. The minimum absolute atomic E-state index is 0.119. The number of hydrogen-bond donors (Lipinski definition) is 2. The van der Waals surface area contributed by atoms with Gasteiger partial charge in [0.1, 0.15) is 18.2 Å². The Morgan fingerprint density at radius 3 is 2.41 bits per heavy atom. The van der Waals surface area contributed by atoms with E-state index in [-0.39, 0.29) is 11.4 Å².